The molecule has 2 aromatic rings. The zero-order chi connectivity index (χ0) is 13.7. The Kier molecular flexibility index (Phi) is 4.43. The van der Waals surface area contributed by atoms with Gasteiger partial charge >= 0.3 is 5.97 Å². The Morgan fingerprint density at radius 1 is 1.42 bits per heavy atom. The van der Waals surface area contributed by atoms with Crippen LogP contribution in [-0.4, -0.2) is 36.3 Å². The number of benzene rings is 1. The van der Waals surface area contributed by atoms with E-state index in [0.29, 0.717) is 18.7 Å². The Bertz CT molecular complexity index is 566. The molecular weight excluding hydrogens is 244 g/mol. The van der Waals surface area contributed by atoms with Crippen LogP contribution in [0, 0.1) is 0 Å². The number of rotatable bonds is 6. The van der Waals surface area contributed by atoms with Gasteiger partial charge in [-0.1, -0.05) is 24.3 Å². The quantitative estimate of drug-likeness (QED) is 0.772. The van der Waals surface area contributed by atoms with Crippen molar-refractivity contribution in [2.45, 2.75) is 6.04 Å². The Morgan fingerprint density at radius 3 is 2.95 bits per heavy atom. The predicted molar refractivity (Wildman–Crippen MR) is 72.0 cm³/mol. The van der Waals surface area contributed by atoms with Crippen LogP contribution in [0.1, 0.15) is 11.6 Å². The van der Waals surface area contributed by atoms with Gasteiger partial charge in [-0.25, -0.2) is 0 Å². The number of fused-ring (bicyclic) bond motifs is 1. The summed E-state index contributed by atoms with van der Waals surface area (Å²) in [6.07, 6.45) is 3.33. The highest BCUT2D eigenvalue weighted by molar-refractivity contribution is 5.89. The lowest BCUT2D eigenvalue weighted by Crippen LogP contribution is -2.31. The van der Waals surface area contributed by atoms with Gasteiger partial charge in [-0.2, -0.15) is 0 Å². The molecule has 0 saturated carbocycles. The van der Waals surface area contributed by atoms with Crippen LogP contribution >= 0.6 is 0 Å². The molecule has 0 radical (unpaired) electrons. The summed E-state index contributed by atoms with van der Waals surface area (Å²) in [5.74, 6) is -0.922. The van der Waals surface area contributed by atoms with E-state index in [2.05, 4.69) is 10.3 Å². The van der Waals surface area contributed by atoms with E-state index in [9.17, 15) is 9.90 Å². The van der Waals surface area contributed by atoms with Crippen molar-refractivity contribution in [3.8, 4) is 0 Å². The third-order valence-electron chi connectivity index (χ3n) is 2.91. The Labute approximate surface area is 111 Å². The van der Waals surface area contributed by atoms with E-state index in [1.54, 1.807) is 19.5 Å². The third kappa shape index (κ3) is 3.07. The highest BCUT2D eigenvalue weighted by atomic mass is 16.5. The molecule has 0 spiro atoms. The second-order valence-corrected chi connectivity index (χ2v) is 4.17. The van der Waals surface area contributed by atoms with E-state index in [-0.39, 0.29) is 0 Å². The number of hydrogen-bond acceptors (Lipinski definition) is 4. The largest absolute Gasteiger partial charge is 0.480 e. The summed E-state index contributed by atoms with van der Waals surface area (Å²) in [5.41, 5.74) is 0.668. The molecule has 1 unspecified atom stereocenters. The van der Waals surface area contributed by atoms with Gasteiger partial charge in [0.2, 0.25) is 0 Å². The molecule has 0 bridgehead atoms. The molecule has 0 aliphatic heterocycles. The van der Waals surface area contributed by atoms with Crippen LogP contribution in [0.25, 0.3) is 10.8 Å². The second-order valence-electron chi connectivity index (χ2n) is 4.17. The molecule has 0 fully saturated rings. The zero-order valence-electron chi connectivity index (χ0n) is 10.7. The molecule has 1 aromatic heterocycles. The summed E-state index contributed by atoms with van der Waals surface area (Å²) < 4.78 is 4.92. The number of hydrogen-bond donors (Lipinski definition) is 2. The maximum Gasteiger partial charge on any atom is 0.325 e. The van der Waals surface area contributed by atoms with Crippen molar-refractivity contribution in [3.63, 3.8) is 0 Å². The van der Waals surface area contributed by atoms with E-state index >= 15 is 0 Å². The van der Waals surface area contributed by atoms with Crippen LogP contribution < -0.4 is 5.32 Å². The maximum absolute atomic E-state index is 11.4. The van der Waals surface area contributed by atoms with Crippen LogP contribution in [0.15, 0.2) is 36.7 Å². The van der Waals surface area contributed by atoms with Gasteiger partial charge in [0, 0.05) is 37.0 Å². The lowest BCUT2D eigenvalue weighted by atomic mass is 10.0. The first-order chi connectivity index (χ1) is 9.24. The smallest absolute Gasteiger partial charge is 0.325 e. The summed E-state index contributed by atoms with van der Waals surface area (Å²) in [6, 6.07) is 6.83. The molecule has 1 aromatic carbocycles. The molecule has 1 heterocycles. The first-order valence-corrected chi connectivity index (χ1v) is 6.02. The van der Waals surface area contributed by atoms with Gasteiger partial charge in [0.1, 0.15) is 6.04 Å². The van der Waals surface area contributed by atoms with E-state index in [1.807, 2.05) is 24.3 Å². The molecule has 1 atom stereocenters. The average Bonchev–Trinajstić information content (AvgIpc) is 2.43. The minimum absolute atomic E-state index is 0.460. The Balaban J connectivity index is 2.36. The second kappa shape index (κ2) is 6.26. The molecule has 2 N–H and O–H groups in total. The van der Waals surface area contributed by atoms with Gasteiger partial charge in [-0.3, -0.25) is 15.1 Å². The van der Waals surface area contributed by atoms with Crippen molar-refractivity contribution in [2.75, 3.05) is 20.3 Å². The number of carboxylic acids is 1. The Morgan fingerprint density at radius 2 is 2.21 bits per heavy atom. The van der Waals surface area contributed by atoms with Crippen molar-refractivity contribution < 1.29 is 14.6 Å². The lowest BCUT2D eigenvalue weighted by molar-refractivity contribution is -0.139. The normalized spacial score (nSPS) is 12.5. The van der Waals surface area contributed by atoms with E-state index < -0.39 is 12.0 Å². The van der Waals surface area contributed by atoms with E-state index in [4.69, 9.17) is 4.74 Å². The molecule has 0 aliphatic carbocycles. The van der Waals surface area contributed by atoms with E-state index in [0.717, 1.165) is 10.8 Å². The van der Waals surface area contributed by atoms with Crippen molar-refractivity contribution in [1.29, 1.82) is 0 Å². The standard InChI is InChI=1S/C14H16N2O3/c1-19-7-6-16-13(14(17)18)12-9-15-8-10-4-2-3-5-11(10)12/h2-5,8-9,13,16H,6-7H2,1H3,(H,17,18). The highest BCUT2D eigenvalue weighted by Gasteiger charge is 2.21. The molecular formula is C14H16N2O3. The summed E-state index contributed by atoms with van der Waals surface area (Å²) in [4.78, 5) is 15.5. The van der Waals surface area contributed by atoms with E-state index in [1.165, 1.54) is 0 Å². The molecule has 0 saturated heterocycles. The lowest BCUT2D eigenvalue weighted by Gasteiger charge is -2.16. The number of nitrogens with zero attached hydrogens (tertiary/aromatic N) is 1. The SMILES string of the molecule is COCCNC(C(=O)O)c1cncc2ccccc12. The van der Waals surface area contributed by atoms with Gasteiger partial charge in [0.05, 0.1) is 6.61 Å². The number of nitrogens with one attached hydrogen (secondary N) is 1. The molecule has 5 heteroatoms. The molecule has 0 amide bonds. The molecule has 5 nitrogen and oxygen atoms in total. The monoisotopic (exact) mass is 260 g/mol. The first kappa shape index (κ1) is 13.5. The van der Waals surface area contributed by atoms with Gasteiger partial charge in [0.25, 0.3) is 0 Å². The van der Waals surface area contributed by atoms with Crippen molar-refractivity contribution in [2.24, 2.45) is 0 Å². The fourth-order valence-corrected chi connectivity index (χ4v) is 2.01. The van der Waals surface area contributed by atoms with Crippen molar-refractivity contribution in [3.05, 3.63) is 42.2 Å². The van der Waals surface area contributed by atoms with Crippen LogP contribution in [0.2, 0.25) is 0 Å². The number of pyridine rings is 1. The van der Waals surface area contributed by atoms with Crippen LogP contribution in [-0.2, 0) is 9.53 Å². The van der Waals surface area contributed by atoms with Gasteiger partial charge in [-0.05, 0) is 5.39 Å². The minimum atomic E-state index is -0.922. The first-order valence-electron chi connectivity index (χ1n) is 6.02. The predicted octanol–water partition coefficient (Wildman–Crippen LogP) is 1.60. The fraction of sp³-hybridized carbons (Fsp3) is 0.286. The molecule has 2 rings (SSSR count). The summed E-state index contributed by atoms with van der Waals surface area (Å²) in [5, 5.41) is 14.1. The summed E-state index contributed by atoms with van der Waals surface area (Å²) >= 11 is 0. The molecule has 100 valence electrons. The van der Waals surface area contributed by atoms with Crippen LogP contribution in [0.5, 0.6) is 0 Å². The number of aliphatic carboxylic acids is 1. The number of aromatic nitrogens is 1. The topological polar surface area (TPSA) is 71.5 Å². The van der Waals surface area contributed by atoms with Crippen LogP contribution in [0.3, 0.4) is 0 Å². The minimum Gasteiger partial charge on any atom is -0.480 e. The Hall–Kier alpha value is -1.98. The number of ether oxygens (including phenoxy) is 1. The zero-order valence-corrected chi connectivity index (χ0v) is 10.7. The number of methoxy groups -OCH3 is 1. The summed E-state index contributed by atoms with van der Waals surface area (Å²) in [7, 11) is 1.58. The van der Waals surface area contributed by atoms with Gasteiger partial charge in [-0.15, -0.1) is 0 Å². The fourth-order valence-electron chi connectivity index (χ4n) is 2.01. The highest BCUT2D eigenvalue weighted by Crippen LogP contribution is 2.23. The van der Waals surface area contributed by atoms with Gasteiger partial charge in [0.15, 0.2) is 0 Å². The molecule has 0 aliphatic rings. The number of carboxylic acid groups (broad SMARTS) is 1. The third-order valence-corrected chi connectivity index (χ3v) is 2.91. The maximum atomic E-state index is 11.4. The summed E-state index contributed by atoms with van der Waals surface area (Å²) in [6.45, 7) is 0.929. The average molecular weight is 260 g/mol. The molecule has 19 heavy (non-hydrogen) atoms. The van der Waals surface area contributed by atoms with Gasteiger partial charge < -0.3 is 9.84 Å². The number of carbonyl (C=O) groups is 1. The van der Waals surface area contributed by atoms with Crippen molar-refractivity contribution >= 4 is 16.7 Å². The van der Waals surface area contributed by atoms with Crippen LogP contribution in [0.4, 0.5) is 0 Å². The van der Waals surface area contributed by atoms with Crippen molar-refractivity contribution in [1.82, 2.24) is 10.3 Å².